The van der Waals surface area contributed by atoms with Gasteiger partial charge in [-0.05, 0) is 68.6 Å². The van der Waals surface area contributed by atoms with Crippen LogP contribution < -0.4 is 0 Å². The van der Waals surface area contributed by atoms with Gasteiger partial charge in [-0.25, -0.2) is 18.2 Å². The van der Waals surface area contributed by atoms with Gasteiger partial charge in [0.15, 0.2) is 5.82 Å². The van der Waals surface area contributed by atoms with Crippen molar-refractivity contribution >= 4 is 15.9 Å². The number of carbonyl (C=O) groups excluding carboxylic acids is 1. The van der Waals surface area contributed by atoms with Crippen LogP contribution in [-0.2, 0) is 16.3 Å². The van der Waals surface area contributed by atoms with E-state index in [9.17, 15) is 26.4 Å². The number of urea groups is 1. The summed E-state index contributed by atoms with van der Waals surface area (Å²) >= 11 is 0. The van der Waals surface area contributed by atoms with E-state index in [0.29, 0.717) is 24.2 Å². The number of halogens is 3. The van der Waals surface area contributed by atoms with Gasteiger partial charge in [0.1, 0.15) is 5.82 Å². The average Bonchev–Trinajstić information content (AvgIpc) is 3.49. The van der Waals surface area contributed by atoms with Crippen LogP contribution in [0.4, 0.5) is 18.0 Å². The third-order valence-corrected chi connectivity index (χ3v) is 10.9. The minimum atomic E-state index is -5.31. The van der Waals surface area contributed by atoms with Gasteiger partial charge in [0.2, 0.25) is 0 Å². The highest BCUT2D eigenvalue weighted by Crippen LogP contribution is 2.57. The van der Waals surface area contributed by atoms with E-state index in [0.717, 1.165) is 81.2 Å². The van der Waals surface area contributed by atoms with E-state index in [1.165, 1.54) is 25.0 Å². The molecule has 0 bridgehead atoms. The van der Waals surface area contributed by atoms with Crippen LogP contribution in [0, 0.1) is 16.7 Å². The van der Waals surface area contributed by atoms with Gasteiger partial charge < -0.3 is 9.80 Å². The van der Waals surface area contributed by atoms with Gasteiger partial charge in [0.05, 0.1) is 4.90 Å². The maximum absolute atomic E-state index is 12.9. The molecule has 2 amide bonds. The molecule has 1 N–H and O–H groups in total. The molecule has 3 heterocycles. The number of hydrogen-bond donors (Lipinski definition) is 1. The van der Waals surface area contributed by atoms with Crippen LogP contribution in [0.25, 0.3) is 0 Å². The van der Waals surface area contributed by atoms with Crippen molar-refractivity contribution in [3.05, 3.63) is 41.5 Å². The summed E-state index contributed by atoms with van der Waals surface area (Å²) < 4.78 is 61.2. The molecule has 5 fully saturated rings. The second kappa shape index (κ2) is 7.95. The lowest BCUT2D eigenvalue weighted by atomic mass is 9.56. The number of amides is 2. The maximum atomic E-state index is 12.9. The van der Waals surface area contributed by atoms with Crippen molar-refractivity contribution in [2.24, 2.45) is 16.7 Å². The van der Waals surface area contributed by atoms with Crippen LogP contribution in [-0.4, -0.2) is 71.1 Å². The van der Waals surface area contributed by atoms with Crippen LogP contribution in [0.15, 0.2) is 29.2 Å². The van der Waals surface area contributed by atoms with Gasteiger partial charge >= 0.3 is 11.5 Å². The molecule has 7 rings (SSSR count). The second-order valence-corrected chi connectivity index (χ2v) is 14.5. The lowest BCUT2D eigenvalue weighted by Crippen LogP contribution is -2.70. The molecule has 5 aliphatic rings. The molecule has 8 nitrogen and oxygen atoms in total. The van der Waals surface area contributed by atoms with E-state index in [2.05, 4.69) is 15.2 Å². The van der Waals surface area contributed by atoms with Crippen LogP contribution in [0.2, 0.25) is 0 Å². The van der Waals surface area contributed by atoms with E-state index in [1.807, 2.05) is 9.80 Å². The van der Waals surface area contributed by atoms with Crippen molar-refractivity contribution in [3.8, 4) is 0 Å². The highest BCUT2D eigenvalue weighted by Gasteiger charge is 2.58. The predicted octanol–water partition coefficient (Wildman–Crippen LogP) is 4.23. The molecule has 38 heavy (non-hydrogen) atoms. The fraction of sp³-hybridized carbons (Fsp3) is 0.654. The number of nitrogens with zero attached hydrogens (tertiary/aromatic N) is 4. The number of likely N-dealkylation sites (tertiary alicyclic amines) is 2. The number of carbonyl (C=O) groups is 1. The number of alkyl halides is 3. The number of aromatic nitrogens is 3. The van der Waals surface area contributed by atoms with E-state index in [4.69, 9.17) is 0 Å². The molecule has 2 aromatic rings. The van der Waals surface area contributed by atoms with Crippen molar-refractivity contribution < 1.29 is 26.4 Å². The maximum Gasteiger partial charge on any atom is 0.501 e. The first kappa shape index (κ1) is 24.4. The molecule has 1 aromatic carbocycles. The lowest BCUT2D eigenvalue weighted by Gasteiger charge is -2.63. The molecular formula is C26H30F3N5O3S. The monoisotopic (exact) mass is 549 g/mol. The fourth-order valence-corrected chi connectivity index (χ4v) is 8.03. The Morgan fingerprint density at radius 3 is 2.08 bits per heavy atom. The molecule has 0 unspecified atom stereocenters. The summed E-state index contributed by atoms with van der Waals surface area (Å²) in [5.41, 5.74) is -4.07. The molecule has 12 heteroatoms. The van der Waals surface area contributed by atoms with Gasteiger partial charge in [0, 0.05) is 48.8 Å². The molecule has 2 saturated heterocycles. The first-order valence-electron chi connectivity index (χ1n) is 13.3. The zero-order valence-electron chi connectivity index (χ0n) is 20.9. The van der Waals surface area contributed by atoms with Gasteiger partial charge in [-0.1, -0.05) is 12.1 Å². The largest absolute Gasteiger partial charge is 0.501 e. The van der Waals surface area contributed by atoms with Crippen LogP contribution in [0.3, 0.4) is 0 Å². The van der Waals surface area contributed by atoms with E-state index >= 15 is 0 Å². The summed E-state index contributed by atoms with van der Waals surface area (Å²) in [5.74, 6) is 3.35. The van der Waals surface area contributed by atoms with Crippen molar-refractivity contribution in [3.63, 3.8) is 0 Å². The summed E-state index contributed by atoms with van der Waals surface area (Å²) in [4.78, 5) is 20.8. The molecule has 0 atom stereocenters. The highest BCUT2D eigenvalue weighted by molar-refractivity contribution is 7.92. The second-order valence-electron chi connectivity index (χ2n) is 12.5. The minimum absolute atomic E-state index is 0.128. The Labute approximate surface area is 218 Å². The Morgan fingerprint density at radius 1 is 0.947 bits per heavy atom. The highest BCUT2D eigenvalue weighted by atomic mass is 32.2. The number of rotatable bonds is 5. The molecule has 204 valence electrons. The van der Waals surface area contributed by atoms with E-state index in [-0.39, 0.29) is 16.9 Å². The normalized spacial score (nSPS) is 24.6. The van der Waals surface area contributed by atoms with Gasteiger partial charge in [-0.15, -0.1) is 0 Å². The first-order chi connectivity index (χ1) is 17.9. The fourth-order valence-electron chi connectivity index (χ4n) is 7.27. The van der Waals surface area contributed by atoms with Crippen LogP contribution in [0.1, 0.15) is 67.6 Å². The number of benzene rings is 1. The predicted molar refractivity (Wildman–Crippen MR) is 130 cm³/mol. The van der Waals surface area contributed by atoms with Crippen LogP contribution >= 0.6 is 0 Å². The molecule has 3 aliphatic carbocycles. The standard InChI is InChI=1S/C26H30F3N5O3S/c27-26(28,29)38(36,37)20-5-1-16(2-6-20)7-17-8-24(9-17)12-33(13-24)23(35)34-14-25(15-34)10-19(11-25)22-30-21(31-32-22)18-3-4-18/h1-2,5-6,17-19H,3-4,7-15H2,(H,30,31,32). The third kappa shape index (κ3) is 3.93. The Morgan fingerprint density at radius 2 is 1.53 bits per heavy atom. The Bertz CT molecular complexity index is 1360. The smallest absolute Gasteiger partial charge is 0.323 e. The van der Waals surface area contributed by atoms with Crippen molar-refractivity contribution in [1.82, 2.24) is 25.0 Å². The Kier molecular flexibility index (Phi) is 5.11. The van der Waals surface area contributed by atoms with E-state index < -0.39 is 20.2 Å². The summed E-state index contributed by atoms with van der Waals surface area (Å²) in [6.07, 6.45) is 7.16. The van der Waals surface area contributed by atoms with Gasteiger partial charge in [-0.2, -0.15) is 18.3 Å². The minimum Gasteiger partial charge on any atom is -0.323 e. The van der Waals surface area contributed by atoms with Gasteiger partial charge in [-0.3, -0.25) is 5.10 Å². The van der Waals surface area contributed by atoms with Gasteiger partial charge in [0.25, 0.3) is 9.84 Å². The number of sulfone groups is 1. The number of aromatic amines is 1. The number of nitrogens with one attached hydrogen (secondary N) is 1. The summed E-state index contributed by atoms with van der Waals surface area (Å²) in [6.45, 7) is 3.15. The lowest BCUT2D eigenvalue weighted by molar-refractivity contribution is -0.100. The quantitative estimate of drug-likeness (QED) is 0.602. The summed E-state index contributed by atoms with van der Waals surface area (Å²) in [6, 6.07) is 5.15. The SMILES string of the molecule is O=C(N1CC2(CC(Cc3ccc(S(=O)(=O)C(F)(F)F)cc3)C2)C1)N1CC2(CC(c3n[nH]c(C4CC4)n3)C2)C1. The number of hydrogen-bond acceptors (Lipinski definition) is 5. The molecule has 2 aliphatic heterocycles. The summed E-state index contributed by atoms with van der Waals surface area (Å²) in [5, 5.41) is 7.52. The van der Waals surface area contributed by atoms with Crippen molar-refractivity contribution in [2.45, 2.75) is 67.2 Å². The Hall–Kier alpha value is -2.63. The first-order valence-corrected chi connectivity index (χ1v) is 14.8. The third-order valence-electron chi connectivity index (χ3n) is 9.36. The zero-order valence-corrected chi connectivity index (χ0v) is 21.7. The molecule has 0 radical (unpaired) electrons. The Balaban J connectivity index is 0.842. The topological polar surface area (TPSA) is 99.3 Å². The zero-order chi connectivity index (χ0) is 26.5. The molecular weight excluding hydrogens is 519 g/mol. The molecule has 1 aromatic heterocycles. The molecule has 3 saturated carbocycles. The van der Waals surface area contributed by atoms with Crippen molar-refractivity contribution in [1.29, 1.82) is 0 Å². The van der Waals surface area contributed by atoms with E-state index in [1.54, 1.807) is 0 Å². The van der Waals surface area contributed by atoms with Crippen LogP contribution in [0.5, 0.6) is 0 Å². The van der Waals surface area contributed by atoms with Crippen molar-refractivity contribution in [2.75, 3.05) is 26.2 Å². The molecule has 2 spiro atoms. The number of H-pyrrole nitrogens is 1. The summed E-state index contributed by atoms with van der Waals surface area (Å²) in [7, 11) is -5.31. The average molecular weight is 550 g/mol.